The van der Waals surface area contributed by atoms with Crippen LogP contribution in [0.1, 0.15) is 32.1 Å². The van der Waals surface area contributed by atoms with Crippen LogP contribution in [0.4, 0.5) is 0 Å². The van der Waals surface area contributed by atoms with Gasteiger partial charge in [0.2, 0.25) is 10.0 Å². The second-order valence-corrected chi connectivity index (χ2v) is 8.32. The van der Waals surface area contributed by atoms with Crippen molar-refractivity contribution in [1.29, 1.82) is 0 Å². The Morgan fingerprint density at radius 3 is 2.68 bits per heavy atom. The number of aliphatic hydroxyl groups is 1. The maximum absolute atomic E-state index is 12.4. The number of aliphatic hydroxyl groups excluding tert-OH is 1. The van der Waals surface area contributed by atoms with Gasteiger partial charge in [0.25, 0.3) is 0 Å². The highest BCUT2D eigenvalue weighted by molar-refractivity contribution is 7.89. The van der Waals surface area contributed by atoms with E-state index >= 15 is 0 Å². The minimum absolute atomic E-state index is 0.115. The summed E-state index contributed by atoms with van der Waals surface area (Å²) in [6.07, 6.45) is 4.75. The second-order valence-electron chi connectivity index (χ2n) is 6.31. The van der Waals surface area contributed by atoms with Gasteiger partial charge in [-0.15, -0.1) is 0 Å². The van der Waals surface area contributed by atoms with E-state index in [1.165, 1.54) is 0 Å². The molecule has 19 heavy (non-hydrogen) atoms. The predicted octanol–water partition coefficient (Wildman–Crippen LogP) is 0.161. The Morgan fingerprint density at radius 1 is 1.16 bits per heavy atom. The lowest BCUT2D eigenvalue weighted by molar-refractivity contribution is 0.129. The minimum Gasteiger partial charge on any atom is -0.393 e. The fourth-order valence-corrected chi connectivity index (χ4v) is 5.67. The average Bonchev–Trinajstić information content (AvgIpc) is 2.93. The van der Waals surface area contributed by atoms with Gasteiger partial charge in [0, 0.05) is 25.0 Å². The highest BCUT2D eigenvalue weighted by Crippen LogP contribution is 2.39. The molecule has 2 aliphatic heterocycles. The standard InChI is InChI=1S/C13H24N2O3S/c16-13-5-4-10-7-15(8-12(10)13)19(17,18)9-11-3-1-2-6-14-11/h10-14,16H,1-9H2. The van der Waals surface area contributed by atoms with Crippen LogP contribution in [0.5, 0.6) is 0 Å². The molecule has 0 aromatic carbocycles. The highest BCUT2D eigenvalue weighted by Gasteiger charge is 2.45. The molecule has 2 saturated heterocycles. The smallest absolute Gasteiger partial charge is 0.215 e. The molecule has 3 rings (SSSR count). The Labute approximate surface area is 115 Å². The maximum atomic E-state index is 12.4. The summed E-state index contributed by atoms with van der Waals surface area (Å²) in [5.41, 5.74) is 0. The van der Waals surface area contributed by atoms with Gasteiger partial charge in [-0.2, -0.15) is 0 Å². The van der Waals surface area contributed by atoms with Crippen molar-refractivity contribution in [2.75, 3.05) is 25.4 Å². The third-order valence-electron chi connectivity index (χ3n) is 5.00. The van der Waals surface area contributed by atoms with E-state index in [4.69, 9.17) is 0 Å². The molecule has 0 amide bonds. The highest BCUT2D eigenvalue weighted by atomic mass is 32.2. The summed E-state index contributed by atoms with van der Waals surface area (Å²) < 4.78 is 26.5. The number of nitrogens with zero attached hydrogens (tertiary/aromatic N) is 1. The van der Waals surface area contributed by atoms with Crippen LogP contribution < -0.4 is 5.32 Å². The number of hydrogen-bond acceptors (Lipinski definition) is 4. The molecule has 0 bridgehead atoms. The van der Waals surface area contributed by atoms with Crippen LogP contribution in [0.2, 0.25) is 0 Å². The molecule has 4 atom stereocenters. The Hall–Kier alpha value is -0.170. The van der Waals surface area contributed by atoms with Crippen molar-refractivity contribution < 1.29 is 13.5 Å². The summed E-state index contributed by atoms with van der Waals surface area (Å²) in [6.45, 7) is 2.09. The van der Waals surface area contributed by atoms with Crippen molar-refractivity contribution in [1.82, 2.24) is 9.62 Å². The van der Waals surface area contributed by atoms with E-state index in [1.54, 1.807) is 4.31 Å². The van der Waals surface area contributed by atoms with E-state index in [0.717, 1.165) is 38.6 Å². The molecular weight excluding hydrogens is 264 g/mol. The molecule has 0 spiro atoms. The molecule has 2 heterocycles. The van der Waals surface area contributed by atoms with Gasteiger partial charge in [0.15, 0.2) is 0 Å². The molecule has 2 N–H and O–H groups in total. The number of hydrogen-bond donors (Lipinski definition) is 2. The Kier molecular flexibility index (Phi) is 3.86. The largest absolute Gasteiger partial charge is 0.393 e. The lowest BCUT2D eigenvalue weighted by atomic mass is 10.00. The number of piperidine rings is 1. The van der Waals surface area contributed by atoms with Crippen molar-refractivity contribution >= 4 is 10.0 Å². The Balaban J connectivity index is 1.61. The molecule has 3 fully saturated rings. The monoisotopic (exact) mass is 288 g/mol. The third-order valence-corrected chi connectivity index (χ3v) is 6.91. The summed E-state index contributed by atoms with van der Waals surface area (Å²) in [5, 5.41) is 13.2. The van der Waals surface area contributed by atoms with Gasteiger partial charge < -0.3 is 10.4 Å². The summed E-state index contributed by atoms with van der Waals surface area (Å²) in [6, 6.07) is 0.115. The third kappa shape index (κ3) is 2.82. The van der Waals surface area contributed by atoms with Crippen molar-refractivity contribution in [3.63, 3.8) is 0 Å². The van der Waals surface area contributed by atoms with Crippen LogP contribution in [0.25, 0.3) is 0 Å². The summed E-state index contributed by atoms with van der Waals surface area (Å²) in [7, 11) is -3.17. The fourth-order valence-electron chi connectivity index (χ4n) is 3.85. The second kappa shape index (κ2) is 5.31. The van der Waals surface area contributed by atoms with Gasteiger partial charge >= 0.3 is 0 Å². The molecule has 1 aliphatic carbocycles. The molecule has 6 heteroatoms. The van der Waals surface area contributed by atoms with Crippen LogP contribution in [0.15, 0.2) is 0 Å². The molecule has 3 aliphatic rings. The van der Waals surface area contributed by atoms with Crippen molar-refractivity contribution in [2.24, 2.45) is 11.8 Å². The molecule has 4 unspecified atom stereocenters. The quantitative estimate of drug-likeness (QED) is 0.776. The first-order chi connectivity index (χ1) is 9.06. The first kappa shape index (κ1) is 13.8. The molecule has 5 nitrogen and oxygen atoms in total. The zero-order chi connectivity index (χ0) is 13.5. The van der Waals surface area contributed by atoms with E-state index in [1.807, 2.05) is 0 Å². The number of fused-ring (bicyclic) bond motifs is 1. The van der Waals surface area contributed by atoms with E-state index in [2.05, 4.69) is 5.32 Å². The topological polar surface area (TPSA) is 69.6 Å². The SMILES string of the molecule is O=S(=O)(CC1CCCCN1)N1CC2CCC(O)C2C1. The van der Waals surface area contributed by atoms with Crippen LogP contribution in [0.3, 0.4) is 0 Å². The van der Waals surface area contributed by atoms with E-state index in [-0.39, 0.29) is 23.8 Å². The van der Waals surface area contributed by atoms with Crippen LogP contribution in [-0.2, 0) is 10.0 Å². The number of nitrogens with one attached hydrogen (secondary N) is 1. The maximum Gasteiger partial charge on any atom is 0.215 e. The number of rotatable bonds is 3. The molecule has 1 saturated carbocycles. The van der Waals surface area contributed by atoms with E-state index in [9.17, 15) is 13.5 Å². The van der Waals surface area contributed by atoms with Crippen molar-refractivity contribution in [2.45, 2.75) is 44.2 Å². The van der Waals surface area contributed by atoms with Gasteiger partial charge in [0.1, 0.15) is 0 Å². The lowest BCUT2D eigenvalue weighted by Gasteiger charge is -2.26. The van der Waals surface area contributed by atoms with Gasteiger partial charge in [-0.3, -0.25) is 0 Å². The fraction of sp³-hybridized carbons (Fsp3) is 1.00. The Morgan fingerprint density at radius 2 is 2.00 bits per heavy atom. The van der Waals surface area contributed by atoms with Crippen LogP contribution in [-0.4, -0.2) is 55.4 Å². The zero-order valence-corrected chi connectivity index (χ0v) is 12.1. The Bertz CT molecular complexity index is 420. The van der Waals surface area contributed by atoms with Gasteiger partial charge in [-0.1, -0.05) is 6.42 Å². The normalized spacial score (nSPS) is 40.5. The summed E-state index contributed by atoms with van der Waals surface area (Å²) in [5.74, 6) is 0.779. The van der Waals surface area contributed by atoms with Crippen LogP contribution >= 0.6 is 0 Å². The molecule has 0 radical (unpaired) electrons. The summed E-state index contributed by atoms with van der Waals surface area (Å²) in [4.78, 5) is 0. The zero-order valence-electron chi connectivity index (χ0n) is 11.3. The molecule has 0 aromatic rings. The van der Waals surface area contributed by atoms with E-state index < -0.39 is 10.0 Å². The van der Waals surface area contributed by atoms with Gasteiger partial charge in [-0.25, -0.2) is 12.7 Å². The molecular formula is C13H24N2O3S. The van der Waals surface area contributed by atoms with Crippen molar-refractivity contribution in [3.05, 3.63) is 0 Å². The first-order valence-corrected chi connectivity index (χ1v) is 9.06. The van der Waals surface area contributed by atoms with Crippen molar-refractivity contribution in [3.8, 4) is 0 Å². The molecule has 0 aromatic heterocycles. The summed E-state index contributed by atoms with van der Waals surface area (Å²) >= 11 is 0. The molecule has 110 valence electrons. The van der Waals surface area contributed by atoms with Gasteiger partial charge in [0.05, 0.1) is 11.9 Å². The number of sulfonamides is 1. The minimum atomic E-state index is -3.17. The average molecular weight is 288 g/mol. The van der Waals surface area contributed by atoms with Crippen LogP contribution in [0, 0.1) is 11.8 Å². The first-order valence-electron chi connectivity index (χ1n) is 7.45. The predicted molar refractivity (Wildman–Crippen MR) is 73.2 cm³/mol. The lowest BCUT2D eigenvalue weighted by Crippen LogP contribution is -2.44. The van der Waals surface area contributed by atoms with Gasteiger partial charge in [-0.05, 0) is 38.1 Å². The van der Waals surface area contributed by atoms with E-state index in [0.29, 0.717) is 19.0 Å².